The molecule has 2 aliphatic rings. The van der Waals surface area contributed by atoms with Crippen LogP contribution in [-0.4, -0.2) is 68.6 Å². The van der Waals surface area contributed by atoms with Crippen LogP contribution >= 0.6 is 11.3 Å². The summed E-state index contributed by atoms with van der Waals surface area (Å²) in [4.78, 5) is 21.1. The summed E-state index contributed by atoms with van der Waals surface area (Å²) in [6, 6.07) is 5.86. The predicted octanol–water partition coefficient (Wildman–Crippen LogP) is 2.11. The van der Waals surface area contributed by atoms with E-state index >= 15 is 0 Å². The highest BCUT2D eigenvalue weighted by Crippen LogP contribution is 2.34. The van der Waals surface area contributed by atoms with E-state index in [1.165, 1.54) is 0 Å². The lowest BCUT2D eigenvalue weighted by molar-refractivity contribution is -0.187. The van der Waals surface area contributed by atoms with Gasteiger partial charge in [-0.1, -0.05) is 17.4 Å². The van der Waals surface area contributed by atoms with Crippen molar-refractivity contribution >= 4 is 32.6 Å². The van der Waals surface area contributed by atoms with Crippen molar-refractivity contribution in [1.29, 1.82) is 0 Å². The standard InChI is InChI=1S/C18H23N3O4S/c1-20(17-19-16-13(23-2)4-3-5-14(16)26-17)12-15(22)21-8-6-18(7-9-21)24-10-11-25-18/h3-5H,6-12H2,1-2H3. The molecule has 1 spiro atoms. The summed E-state index contributed by atoms with van der Waals surface area (Å²) in [5, 5.41) is 0.814. The largest absolute Gasteiger partial charge is 0.494 e. The highest BCUT2D eigenvalue weighted by atomic mass is 32.1. The van der Waals surface area contributed by atoms with E-state index in [4.69, 9.17) is 14.2 Å². The highest BCUT2D eigenvalue weighted by Gasteiger charge is 2.40. The average Bonchev–Trinajstić information content (AvgIpc) is 3.29. The number of ether oxygens (including phenoxy) is 3. The number of fused-ring (bicyclic) bond motifs is 1. The first kappa shape index (κ1) is 17.5. The van der Waals surface area contributed by atoms with E-state index in [2.05, 4.69) is 4.98 Å². The Morgan fingerprint density at radius 3 is 2.77 bits per heavy atom. The third kappa shape index (κ3) is 3.24. The van der Waals surface area contributed by atoms with E-state index in [0.29, 0.717) is 32.8 Å². The lowest BCUT2D eigenvalue weighted by atomic mass is 10.0. The minimum atomic E-state index is -0.452. The Labute approximate surface area is 156 Å². The zero-order valence-electron chi connectivity index (χ0n) is 15.1. The number of piperidine rings is 1. The molecule has 0 aliphatic carbocycles. The van der Waals surface area contributed by atoms with Crippen LogP contribution in [0.25, 0.3) is 10.2 Å². The van der Waals surface area contributed by atoms with E-state index in [1.54, 1.807) is 18.4 Å². The molecular formula is C18H23N3O4S. The van der Waals surface area contributed by atoms with E-state index in [-0.39, 0.29) is 5.91 Å². The molecule has 0 unspecified atom stereocenters. The van der Waals surface area contributed by atoms with Crippen LogP contribution in [0.15, 0.2) is 18.2 Å². The molecule has 7 nitrogen and oxygen atoms in total. The summed E-state index contributed by atoms with van der Waals surface area (Å²) < 4.78 is 17.9. The Balaban J connectivity index is 1.40. The van der Waals surface area contributed by atoms with Gasteiger partial charge in [-0.25, -0.2) is 4.98 Å². The van der Waals surface area contributed by atoms with E-state index in [0.717, 1.165) is 33.9 Å². The maximum atomic E-state index is 12.7. The lowest BCUT2D eigenvalue weighted by Crippen LogP contribution is -2.49. The summed E-state index contributed by atoms with van der Waals surface area (Å²) in [5.74, 6) is 0.404. The number of methoxy groups -OCH3 is 1. The maximum Gasteiger partial charge on any atom is 0.242 e. The topological polar surface area (TPSA) is 64.1 Å². The number of amides is 1. The molecule has 140 valence electrons. The van der Waals surface area contributed by atoms with Crippen LogP contribution < -0.4 is 9.64 Å². The molecule has 2 aliphatic heterocycles. The first-order valence-electron chi connectivity index (χ1n) is 8.81. The van der Waals surface area contributed by atoms with E-state index in [9.17, 15) is 4.79 Å². The monoisotopic (exact) mass is 377 g/mol. The van der Waals surface area contributed by atoms with Crippen molar-refractivity contribution in [2.45, 2.75) is 18.6 Å². The van der Waals surface area contributed by atoms with Gasteiger partial charge in [0.05, 0.1) is 31.6 Å². The smallest absolute Gasteiger partial charge is 0.242 e. The second-order valence-electron chi connectivity index (χ2n) is 6.65. The molecule has 0 bridgehead atoms. The fourth-order valence-corrected chi connectivity index (χ4v) is 4.44. The van der Waals surface area contributed by atoms with Gasteiger partial charge in [-0.3, -0.25) is 4.79 Å². The van der Waals surface area contributed by atoms with Gasteiger partial charge in [-0.2, -0.15) is 0 Å². The fourth-order valence-electron chi connectivity index (χ4n) is 3.49. The predicted molar refractivity (Wildman–Crippen MR) is 99.9 cm³/mol. The third-order valence-electron chi connectivity index (χ3n) is 4.98. The van der Waals surface area contributed by atoms with Crippen molar-refractivity contribution in [2.24, 2.45) is 0 Å². The molecule has 4 rings (SSSR count). The van der Waals surface area contributed by atoms with Crippen molar-refractivity contribution < 1.29 is 19.0 Å². The van der Waals surface area contributed by atoms with Crippen molar-refractivity contribution in [3.63, 3.8) is 0 Å². The molecule has 2 saturated heterocycles. The van der Waals surface area contributed by atoms with Gasteiger partial charge in [0, 0.05) is 33.0 Å². The fraction of sp³-hybridized carbons (Fsp3) is 0.556. The van der Waals surface area contributed by atoms with Gasteiger partial charge in [0.25, 0.3) is 0 Å². The minimum Gasteiger partial charge on any atom is -0.494 e. The number of likely N-dealkylation sites (N-methyl/N-ethyl adjacent to an activating group) is 1. The summed E-state index contributed by atoms with van der Waals surface area (Å²) in [6.45, 7) is 2.94. The second-order valence-corrected chi connectivity index (χ2v) is 7.66. The number of rotatable bonds is 4. The number of hydrogen-bond acceptors (Lipinski definition) is 7. The van der Waals surface area contributed by atoms with Crippen molar-refractivity contribution in [3.8, 4) is 5.75 Å². The highest BCUT2D eigenvalue weighted by molar-refractivity contribution is 7.22. The molecule has 2 fully saturated rings. The molecule has 2 aromatic rings. The summed E-state index contributed by atoms with van der Waals surface area (Å²) >= 11 is 1.56. The molecule has 0 N–H and O–H groups in total. The minimum absolute atomic E-state index is 0.103. The van der Waals surface area contributed by atoms with Gasteiger partial charge in [0.15, 0.2) is 10.9 Å². The Morgan fingerprint density at radius 1 is 1.35 bits per heavy atom. The number of benzene rings is 1. The number of aromatic nitrogens is 1. The van der Waals surface area contributed by atoms with Gasteiger partial charge in [-0.15, -0.1) is 0 Å². The summed E-state index contributed by atoms with van der Waals surface area (Å²) in [5.41, 5.74) is 0.838. The van der Waals surface area contributed by atoms with Gasteiger partial charge in [0.1, 0.15) is 11.3 Å². The van der Waals surface area contributed by atoms with Crippen LogP contribution in [0.3, 0.4) is 0 Å². The first-order valence-corrected chi connectivity index (χ1v) is 9.62. The van der Waals surface area contributed by atoms with Crippen molar-refractivity contribution in [1.82, 2.24) is 9.88 Å². The zero-order chi connectivity index (χ0) is 18.1. The van der Waals surface area contributed by atoms with Crippen LogP contribution in [0.1, 0.15) is 12.8 Å². The molecular weight excluding hydrogens is 354 g/mol. The number of thiazole rings is 1. The van der Waals surface area contributed by atoms with Crippen LogP contribution in [0.4, 0.5) is 5.13 Å². The van der Waals surface area contributed by atoms with E-state index in [1.807, 2.05) is 35.0 Å². The number of anilines is 1. The Kier molecular flexibility index (Phi) is 4.73. The molecule has 1 aromatic heterocycles. The van der Waals surface area contributed by atoms with Gasteiger partial charge in [0.2, 0.25) is 5.91 Å². The van der Waals surface area contributed by atoms with Gasteiger partial charge in [-0.05, 0) is 12.1 Å². The maximum absolute atomic E-state index is 12.7. The van der Waals surface area contributed by atoms with Crippen LogP contribution in [0, 0.1) is 0 Å². The third-order valence-corrected chi connectivity index (χ3v) is 6.12. The number of carbonyl (C=O) groups is 1. The molecule has 3 heterocycles. The molecule has 0 atom stereocenters. The molecule has 8 heteroatoms. The zero-order valence-corrected chi connectivity index (χ0v) is 15.9. The molecule has 0 saturated carbocycles. The molecule has 0 radical (unpaired) electrons. The first-order chi connectivity index (χ1) is 12.6. The SMILES string of the molecule is COc1cccc2sc(N(C)CC(=O)N3CCC4(CC3)OCCO4)nc12. The van der Waals surface area contributed by atoms with Crippen molar-refractivity contribution in [3.05, 3.63) is 18.2 Å². The number of hydrogen-bond donors (Lipinski definition) is 0. The Hall–Kier alpha value is -1.90. The number of nitrogens with zero attached hydrogens (tertiary/aromatic N) is 3. The molecule has 1 aromatic carbocycles. The lowest BCUT2D eigenvalue weighted by Gasteiger charge is -2.38. The molecule has 26 heavy (non-hydrogen) atoms. The second kappa shape index (κ2) is 7.02. The number of likely N-dealkylation sites (tertiary alicyclic amines) is 1. The number of carbonyl (C=O) groups excluding carboxylic acids is 1. The molecule has 1 amide bonds. The van der Waals surface area contributed by atoms with E-state index < -0.39 is 5.79 Å². The Morgan fingerprint density at radius 2 is 2.08 bits per heavy atom. The van der Waals surface area contributed by atoms with Gasteiger partial charge < -0.3 is 24.0 Å². The summed E-state index contributed by atoms with van der Waals surface area (Å²) in [6.07, 6.45) is 1.47. The average molecular weight is 377 g/mol. The van der Waals surface area contributed by atoms with Crippen LogP contribution in [0.2, 0.25) is 0 Å². The van der Waals surface area contributed by atoms with Crippen LogP contribution in [0.5, 0.6) is 5.75 Å². The normalized spacial score (nSPS) is 19.2. The van der Waals surface area contributed by atoms with Crippen LogP contribution in [-0.2, 0) is 14.3 Å². The summed E-state index contributed by atoms with van der Waals surface area (Å²) in [7, 11) is 3.54. The Bertz CT molecular complexity index is 793. The number of para-hydroxylation sites is 1. The van der Waals surface area contributed by atoms with Crippen molar-refractivity contribution in [2.75, 3.05) is 51.9 Å². The van der Waals surface area contributed by atoms with Gasteiger partial charge >= 0.3 is 0 Å². The quantitative estimate of drug-likeness (QED) is 0.813.